The molecule has 2 aromatic carbocycles. The number of rotatable bonds is 4. The standard InChI is InChI=1S/C17H18N4/c1-21-16(12-7-13-5-3-2-4-6-13)19-17(20-21)14-8-10-15(18)11-9-14/h2-6,8-11H,7,12,18H2,1H3. The van der Waals surface area contributed by atoms with Crippen LogP contribution < -0.4 is 5.73 Å². The molecule has 1 aromatic heterocycles. The van der Waals surface area contributed by atoms with Crippen molar-refractivity contribution >= 4 is 5.69 Å². The smallest absolute Gasteiger partial charge is 0.181 e. The predicted molar refractivity (Wildman–Crippen MR) is 84.7 cm³/mol. The summed E-state index contributed by atoms with van der Waals surface area (Å²) in [6.07, 6.45) is 1.84. The number of nitrogens with zero attached hydrogens (tertiary/aromatic N) is 3. The zero-order valence-electron chi connectivity index (χ0n) is 12.0. The van der Waals surface area contributed by atoms with E-state index >= 15 is 0 Å². The van der Waals surface area contributed by atoms with Crippen LogP contribution >= 0.6 is 0 Å². The van der Waals surface area contributed by atoms with Gasteiger partial charge >= 0.3 is 0 Å². The first-order valence-corrected chi connectivity index (χ1v) is 7.02. The summed E-state index contributed by atoms with van der Waals surface area (Å²) in [5.74, 6) is 1.74. The van der Waals surface area contributed by atoms with Gasteiger partial charge in [0.05, 0.1) is 0 Å². The van der Waals surface area contributed by atoms with Crippen molar-refractivity contribution in [1.82, 2.24) is 14.8 Å². The van der Waals surface area contributed by atoms with Crippen LogP contribution in [-0.2, 0) is 19.9 Å². The van der Waals surface area contributed by atoms with Gasteiger partial charge in [0.1, 0.15) is 5.82 Å². The van der Waals surface area contributed by atoms with Gasteiger partial charge in [-0.25, -0.2) is 4.98 Å². The molecule has 0 fully saturated rings. The molecule has 0 unspecified atom stereocenters. The summed E-state index contributed by atoms with van der Waals surface area (Å²) in [4.78, 5) is 4.64. The van der Waals surface area contributed by atoms with Crippen molar-refractivity contribution in [3.63, 3.8) is 0 Å². The fourth-order valence-electron chi connectivity index (χ4n) is 2.29. The Bertz CT molecular complexity index is 714. The molecule has 0 spiro atoms. The molecule has 21 heavy (non-hydrogen) atoms. The topological polar surface area (TPSA) is 56.7 Å². The number of hydrogen-bond donors (Lipinski definition) is 1. The Morgan fingerprint density at radius 3 is 2.38 bits per heavy atom. The lowest BCUT2D eigenvalue weighted by Crippen LogP contribution is -2.01. The van der Waals surface area contributed by atoms with Gasteiger partial charge < -0.3 is 5.73 Å². The van der Waals surface area contributed by atoms with Crippen molar-refractivity contribution in [2.24, 2.45) is 7.05 Å². The summed E-state index contributed by atoms with van der Waals surface area (Å²) in [5, 5.41) is 4.49. The maximum atomic E-state index is 5.71. The number of nitrogens with two attached hydrogens (primary N) is 1. The van der Waals surface area contributed by atoms with Gasteiger partial charge in [-0.3, -0.25) is 4.68 Å². The van der Waals surface area contributed by atoms with Crippen LogP contribution in [0.5, 0.6) is 0 Å². The Balaban J connectivity index is 1.77. The maximum absolute atomic E-state index is 5.71. The highest BCUT2D eigenvalue weighted by molar-refractivity contribution is 5.58. The molecule has 0 bridgehead atoms. The highest BCUT2D eigenvalue weighted by atomic mass is 15.3. The number of anilines is 1. The van der Waals surface area contributed by atoms with Crippen LogP contribution in [0.15, 0.2) is 54.6 Å². The van der Waals surface area contributed by atoms with Gasteiger partial charge in [-0.2, -0.15) is 5.10 Å². The van der Waals surface area contributed by atoms with E-state index < -0.39 is 0 Å². The Labute approximate surface area is 124 Å². The second-order valence-corrected chi connectivity index (χ2v) is 5.08. The molecule has 0 aliphatic heterocycles. The fourth-order valence-corrected chi connectivity index (χ4v) is 2.29. The van der Waals surface area contributed by atoms with Gasteiger partial charge in [-0.1, -0.05) is 30.3 Å². The number of benzene rings is 2. The van der Waals surface area contributed by atoms with Gasteiger partial charge in [0, 0.05) is 24.7 Å². The van der Waals surface area contributed by atoms with Gasteiger partial charge in [-0.05, 0) is 36.2 Å². The number of aromatic nitrogens is 3. The molecule has 0 aliphatic carbocycles. The third kappa shape index (κ3) is 3.11. The minimum absolute atomic E-state index is 0.749. The Kier molecular flexibility index (Phi) is 3.69. The van der Waals surface area contributed by atoms with Crippen LogP contribution in [0.4, 0.5) is 5.69 Å². The molecular formula is C17H18N4. The zero-order valence-corrected chi connectivity index (χ0v) is 12.0. The molecule has 0 radical (unpaired) electrons. The molecule has 3 aromatic rings. The summed E-state index contributed by atoms with van der Waals surface area (Å²) in [6, 6.07) is 18.1. The Morgan fingerprint density at radius 1 is 0.952 bits per heavy atom. The summed E-state index contributed by atoms with van der Waals surface area (Å²) in [5.41, 5.74) is 8.76. The van der Waals surface area contributed by atoms with E-state index in [0.717, 1.165) is 35.7 Å². The quantitative estimate of drug-likeness (QED) is 0.747. The molecule has 4 nitrogen and oxygen atoms in total. The minimum atomic E-state index is 0.749. The predicted octanol–water partition coefficient (Wildman–Crippen LogP) is 2.85. The molecule has 0 aliphatic rings. The first-order chi connectivity index (χ1) is 10.2. The molecule has 3 rings (SSSR count). The van der Waals surface area contributed by atoms with Crippen LogP contribution in [0, 0.1) is 0 Å². The lowest BCUT2D eigenvalue weighted by molar-refractivity contribution is 0.693. The van der Waals surface area contributed by atoms with E-state index in [9.17, 15) is 0 Å². The Hall–Kier alpha value is -2.62. The van der Waals surface area contributed by atoms with E-state index in [1.54, 1.807) is 0 Å². The van der Waals surface area contributed by atoms with E-state index in [0.29, 0.717) is 0 Å². The second-order valence-electron chi connectivity index (χ2n) is 5.08. The number of hydrogen-bond acceptors (Lipinski definition) is 3. The zero-order chi connectivity index (χ0) is 14.7. The van der Waals surface area contributed by atoms with Gasteiger partial charge in [0.25, 0.3) is 0 Å². The van der Waals surface area contributed by atoms with Crippen molar-refractivity contribution in [2.45, 2.75) is 12.8 Å². The van der Waals surface area contributed by atoms with Crippen LogP contribution in [0.2, 0.25) is 0 Å². The number of aryl methyl sites for hydroxylation is 3. The molecule has 2 N–H and O–H groups in total. The van der Waals surface area contributed by atoms with Gasteiger partial charge in [0.15, 0.2) is 5.82 Å². The second kappa shape index (κ2) is 5.79. The van der Waals surface area contributed by atoms with E-state index in [1.807, 2.05) is 42.1 Å². The van der Waals surface area contributed by atoms with E-state index in [-0.39, 0.29) is 0 Å². The molecule has 4 heteroatoms. The molecule has 0 atom stereocenters. The highest BCUT2D eigenvalue weighted by Gasteiger charge is 2.09. The molecular weight excluding hydrogens is 260 g/mol. The van der Waals surface area contributed by atoms with Crippen molar-refractivity contribution in [1.29, 1.82) is 0 Å². The van der Waals surface area contributed by atoms with E-state index in [2.05, 4.69) is 34.3 Å². The third-order valence-corrected chi connectivity index (χ3v) is 3.50. The normalized spacial score (nSPS) is 10.7. The maximum Gasteiger partial charge on any atom is 0.181 e. The van der Waals surface area contributed by atoms with Gasteiger partial charge in [0.2, 0.25) is 0 Å². The summed E-state index contributed by atoms with van der Waals surface area (Å²) in [7, 11) is 1.94. The minimum Gasteiger partial charge on any atom is -0.399 e. The van der Waals surface area contributed by atoms with Gasteiger partial charge in [-0.15, -0.1) is 0 Å². The molecule has 0 saturated heterocycles. The summed E-state index contributed by atoms with van der Waals surface area (Å²) < 4.78 is 1.86. The Morgan fingerprint density at radius 2 is 1.67 bits per heavy atom. The average Bonchev–Trinajstić information content (AvgIpc) is 2.88. The van der Waals surface area contributed by atoms with Crippen LogP contribution in [0.25, 0.3) is 11.4 Å². The average molecular weight is 278 g/mol. The first kappa shape index (κ1) is 13.4. The van der Waals surface area contributed by atoms with Crippen LogP contribution in [-0.4, -0.2) is 14.8 Å². The van der Waals surface area contributed by atoms with Crippen LogP contribution in [0.1, 0.15) is 11.4 Å². The monoisotopic (exact) mass is 278 g/mol. The van der Waals surface area contributed by atoms with Crippen molar-refractivity contribution in [3.8, 4) is 11.4 Å². The first-order valence-electron chi connectivity index (χ1n) is 7.02. The van der Waals surface area contributed by atoms with Crippen LogP contribution in [0.3, 0.4) is 0 Å². The molecule has 1 heterocycles. The highest BCUT2D eigenvalue weighted by Crippen LogP contribution is 2.17. The number of nitrogen functional groups attached to an aromatic ring is 1. The molecule has 0 amide bonds. The summed E-state index contributed by atoms with van der Waals surface area (Å²) >= 11 is 0. The third-order valence-electron chi connectivity index (χ3n) is 3.50. The fraction of sp³-hybridized carbons (Fsp3) is 0.176. The van der Waals surface area contributed by atoms with E-state index in [1.165, 1.54) is 5.56 Å². The lowest BCUT2D eigenvalue weighted by Gasteiger charge is -2.00. The molecule has 106 valence electrons. The largest absolute Gasteiger partial charge is 0.399 e. The van der Waals surface area contributed by atoms with E-state index in [4.69, 9.17) is 5.73 Å². The molecule has 0 saturated carbocycles. The summed E-state index contributed by atoms with van der Waals surface area (Å²) in [6.45, 7) is 0. The van der Waals surface area contributed by atoms with Crippen molar-refractivity contribution in [2.75, 3.05) is 5.73 Å². The van der Waals surface area contributed by atoms with Crippen molar-refractivity contribution in [3.05, 3.63) is 66.0 Å². The van der Waals surface area contributed by atoms with Crippen molar-refractivity contribution < 1.29 is 0 Å². The SMILES string of the molecule is Cn1nc(-c2ccc(N)cc2)nc1CCc1ccccc1. The lowest BCUT2D eigenvalue weighted by atomic mass is 10.1.